The van der Waals surface area contributed by atoms with Crippen molar-refractivity contribution in [3.63, 3.8) is 0 Å². The van der Waals surface area contributed by atoms with E-state index in [4.69, 9.17) is 4.74 Å². The lowest BCUT2D eigenvalue weighted by atomic mass is 10.1. The zero-order valence-electron chi connectivity index (χ0n) is 64.0. The zero-order chi connectivity index (χ0) is 75.1. The number of likely N-dealkylation sites (N-methyl/N-ethyl adjacent to an activating group) is 2. The summed E-state index contributed by atoms with van der Waals surface area (Å²) in [7, 11) is 24.3. The second-order valence-electron chi connectivity index (χ2n) is 28.5. The van der Waals surface area contributed by atoms with Gasteiger partial charge in [-0.2, -0.15) is 0 Å². The monoisotopic (exact) mass is 1430 g/mol. The lowest BCUT2D eigenvalue weighted by molar-refractivity contribution is -0.134. The highest BCUT2D eigenvalue weighted by atomic mass is 19.1. The third-order valence-corrected chi connectivity index (χ3v) is 19.3. The van der Waals surface area contributed by atoms with Crippen LogP contribution in [0.25, 0.3) is 11.1 Å². The number of nitrogens with zero attached hydrogens (tertiary/aromatic N) is 14. The van der Waals surface area contributed by atoms with Crippen LogP contribution >= 0.6 is 0 Å². The summed E-state index contributed by atoms with van der Waals surface area (Å²) in [5.74, 6) is -0.285. The van der Waals surface area contributed by atoms with Gasteiger partial charge in [-0.1, -0.05) is 67.6 Å². The molecule has 4 heterocycles. The minimum Gasteiger partial charge on any atom is -0.474 e. The van der Waals surface area contributed by atoms with E-state index in [0.717, 1.165) is 118 Å². The fraction of sp³-hybridized carbons (Fsp3) is 0.393. The van der Waals surface area contributed by atoms with Crippen LogP contribution in [0.1, 0.15) is 62.7 Å². The van der Waals surface area contributed by atoms with E-state index in [1.807, 2.05) is 122 Å². The van der Waals surface area contributed by atoms with E-state index in [2.05, 4.69) is 179 Å². The molecule has 1 N–H and O–H groups in total. The Morgan fingerprint density at radius 3 is 1.39 bits per heavy atom. The minimum atomic E-state index is -0.438. The number of piperidine rings is 1. The van der Waals surface area contributed by atoms with E-state index in [9.17, 15) is 23.2 Å². The number of halogens is 2. The van der Waals surface area contributed by atoms with Crippen LogP contribution in [0.15, 0.2) is 181 Å². The van der Waals surface area contributed by atoms with Gasteiger partial charge in [-0.05, 0) is 152 Å². The first kappa shape index (κ1) is 79.2. The quantitative estimate of drug-likeness (QED) is 0.0543. The van der Waals surface area contributed by atoms with Crippen molar-refractivity contribution in [1.82, 2.24) is 39.3 Å². The third kappa shape index (κ3) is 23.8. The standard InChI is InChI=1S/C29H36FN5O.C29H34FN5O.C26H39N5O2/c2*1-32(2)25-10-5-22(6-11-25)20-31-28-14-9-24(30)19-27(28)29(36)35-17-15-34(16-18-35)21-23-7-12-26(13-8-23)33(3)4;1-6-30(18-17-28(2)3)20-26(32)31-15-13-24(14-16-31)33-25-12-9-22(19-27-25)21-7-10-23(11-8-21)29(4)5/h5-14,19,31H,15-18,20-21H2,1-4H3;5-14,19-20H,15-18,21H2,1-4H3;7-12,19,24H,6,13-18,20H2,1-5H3. The predicted molar refractivity (Wildman–Crippen MR) is 428 cm³/mol. The van der Waals surface area contributed by atoms with E-state index in [1.54, 1.807) is 23.2 Å². The largest absolute Gasteiger partial charge is 0.474 e. The maximum atomic E-state index is 14.1. The Morgan fingerprint density at radius 1 is 0.495 bits per heavy atom. The van der Waals surface area contributed by atoms with E-state index in [0.29, 0.717) is 67.7 Å². The van der Waals surface area contributed by atoms with Gasteiger partial charge in [0.25, 0.3) is 11.8 Å². The number of carbonyl (C=O) groups excluding carboxylic acids is 3. The van der Waals surface area contributed by atoms with Crippen molar-refractivity contribution in [2.75, 3.05) is 206 Å². The molecule has 0 saturated carbocycles. The number of amides is 3. The molecule has 0 bridgehead atoms. The van der Waals surface area contributed by atoms with Crippen LogP contribution in [0, 0.1) is 11.6 Å². The number of carbonyl (C=O) groups is 3. The van der Waals surface area contributed by atoms with Gasteiger partial charge in [-0.15, -0.1) is 0 Å². The highest BCUT2D eigenvalue weighted by Gasteiger charge is 2.28. The van der Waals surface area contributed by atoms with E-state index in [-0.39, 0.29) is 23.8 Å². The highest BCUT2D eigenvalue weighted by molar-refractivity contribution is 6.01. The number of likely N-dealkylation sites (tertiary alicyclic amines) is 1. The number of hydrogen-bond donors (Lipinski definition) is 1. The fourth-order valence-corrected chi connectivity index (χ4v) is 12.6. The Balaban J connectivity index is 0.000000183. The van der Waals surface area contributed by atoms with Crippen molar-refractivity contribution < 1.29 is 27.9 Å². The minimum absolute atomic E-state index is 0.0998. The van der Waals surface area contributed by atoms with Crippen LogP contribution in [-0.2, 0) is 24.4 Å². The maximum absolute atomic E-state index is 14.1. The average molecular weight is 1430 g/mol. The molecule has 3 aliphatic rings. The predicted octanol–water partition coefficient (Wildman–Crippen LogP) is 12.3. The molecule has 21 heteroatoms. The Labute approximate surface area is 622 Å². The molecule has 0 unspecified atom stereocenters. The SMILES string of the molecule is CCN(CCN(C)C)CC(=O)N1CCC(Oc2ccc(-c3ccc(N(C)C)cc3)cn2)CC1.CN(C)c1ccc(C=Nc2ccc(F)cc2C(=O)N2CCN(Cc3ccc(N(C)C)cc3)CC2)cc1.CN(C)c1ccc(CNc2ccc(F)cc2C(=O)N2CCN(Cc3ccc(N(C)C)cc3)CC2)cc1. The molecule has 7 aromatic carbocycles. The Morgan fingerprint density at radius 2 is 0.933 bits per heavy atom. The number of aromatic nitrogens is 1. The first-order valence-corrected chi connectivity index (χ1v) is 36.5. The van der Waals surface area contributed by atoms with E-state index >= 15 is 0 Å². The molecule has 558 valence electrons. The van der Waals surface area contributed by atoms with Gasteiger partial charge in [0, 0.05) is 240 Å². The maximum Gasteiger partial charge on any atom is 0.256 e. The summed E-state index contributed by atoms with van der Waals surface area (Å²) >= 11 is 0. The molecule has 11 rings (SSSR count). The number of pyridine rings is 1. The molecular weight excluding hydrogens is 1320 g/mol. The molecule has 3 amide bonds. The summed E-state index contributed by atoms with van der Waals surface area (Å²) in [6.45, 7) is 14.7. The summed E-state index contributed by atoms with van der Waals surface area (Å²) in [4.78, 5) is 73.5. The van der Waals surface area contributed by atoms with Crippen LogP contribution in [0.2, 0.25) is 0 Å². The second kappa shape index (κ2) is 38.7. The number of hydrogen-bond acceptors (Lipinski definition) is 16. The summed E-state index contributed by atoms with van der Waals surface area (Å²) in [6, 6.07) is 54.4. The Hall–Kier alpha value is -9.93. The third-order valence-electron chi connectivity index (χ3n) is 19.3. The number of anilines is 6. The molecule has 3 saturated heterocycles. The van der Waals surface area contributed by atoms with Gasteiger partial charge >= 0.3 is 0 Å². The summed E-state index contributed by atoms with van der Waals surface area (Å²) < 4.78 is 34.3. The van der Waals surface area contributed by atoms with Crippen LogP contribution in [0.4, 0.5) is 48.6 Å². The second-order valence-corrected chi connectivity index (χ2v) is 28.5. The van der Waals surface area contributed by atoms with E-state index < -0.39 is 11.6 Å². The van der Waals surface area contributed by atoms with Gasteiger partial charge in [-0.25, -0.2) is 13.8 Å². The van der Waals surface area contributed by atoms with Gasteiger partial charge in [0.15, 0.2) is 0 Å². The summed E-state index contributed by atoms with van der Waals surface area (Å²) in [5, 5.41) is 3.34. The van der Waals surface area contributed by atoms with Gasteiger partial charge in [0.1, 0.15) is 17.7 Å². The van der Waals surface area contributed by atoms with Crippen molar-refractivity contribution >= 4 is 63.7 Å². The molecule has 0 aliphatic carbocycles. The molecule has 1 aromatic heterocycles. The molecular formula is C84H109F2N15O4. The molecule has 8 aromatic rings. The number of ether oxygens (including phenoxy) is 1. The topological polar surface area (TPSA) is 137 Å². The number of aliphatic imine (C=N–C) groups is 1. The van der Waals surface area contributed by atoms with Crippen molar-refractivity contribution in [2.24, 2.45) is 4.99 Å². The first-order valence-electron chi connectivity index (χ1n) is 36.5. The van der Waals surface area contributed by atoms with Gasteiger partial charge < -0.3 is 54.2 Å². The smallest absolute Gasteiger partial charge is 0.256 e. The van der Waals surface area contributed by atoms with Gasteiger partial charge in [0.2, 0.25) is 11.8 Å². The summed E-state index contributed by atoms with van der Waals surface area (Å²) in [5.41, 5.74) is 14.3. The number of rotatable bonds is 25. The molecule has 19 nitrogen and oxygen atoms in total. The molecule has 0 radical (unpaired) electrons. The Bertz CT molecular complexity index is 4040. The van der Waals surface area contributed by atoms with Crippen molar-refractivity contribution in [3.05, 3.63) is 221 Å². The molecule has 0 atom stereocenters. The van der Waals surface area contributed by atoms with Crippen LogP contribution in [0.5, 0.6) is 5.88 Å². The van der Waals surface area contributed by atoms with Crippen molar-refractivity contribution in [2.45, 2.75) is 45.5 Å². The van der Waals surface area contributed by atoms with Crippen LogP contribution < -0.4 is 34.6 Å². The lowest BCUT2D eigenvalue weighted by Gasteiger charge is -2.35. The molecule has 3 fully saturated rings. The Kier molecular flexibility index (Phi) is 29.2. The molecule has 3 aliphatic heterocycles. The summed E-state index contributed by atoms with van der Waals surface area (Å²) in [6.07, 6.45) is 5.35. The van der Waals surface area contributed by atoms with Crippen LogP contribution in [-0.4, -0.2) is 246 Å². The van der Waals surface area contributed by atoms with Gasteiger partial charge in [0.05, 0.1) is 23.4 Å². The van der Waals surface area contributed by atoms with Crippen molar-refractivity contribution in [1.29, 1.82) is 0 Å². The van der Waals surface area contributed by atoms with Crippen molar-refractivity contribution in [3.8, 4) is 17.0 Å². The fourth-order valence-electron chi connectivity index (χ4n) is 12.6. The van der Waals surface area contributed by atoms with Crippen LogP contribution in [0.3, 0.4) is 0 Å². The highest BCUT2D eigenvalue weighted by Crippen LogP contribution is 2.29. The lowest BCUT2D eigenvalue weighted by Crippen LogP contribution is -2.48. The van der Waals surface area contributed by atoms with Gasteiger partial charge in [-0.3, -0.25) is 34.1 Å². The average Bonchev–Trinajstić information content (AvgIpc) is 0.825. The molecule has 105 heavy (non-hydrogen) atoms. The first-order chi connectivity index (χ1) is 50.4. The zero-order valence-corrected chi connectivity index (χ0v) is 64.0. The molecule has 0 spiro atoms. The number of nitrogens with one attached hydrogen (secondary N) is 1. The number of piperazine rings is 2. The number of benzene rings is 7. The van der Waals surface area contributed by atoms with E-state index in [1.165, 1.54) is 52.5 Å². The normalized spacial score (nSPS) is 14.3.